The van der Waals surface area contributed by atoms with Gasteiger partial charge >= 0.3 is 12.2 Å². The van der Waals surface area contributed by atoms with Crippen molar-refractivity contribution in [2.45, 2.75) is 199 Å². The van der Waals surface area contributed by atoms with Crippen molar-refractivity contribution in [3.05, 3.63) is 47.8 Å². The van der Waals surface area contributed by atoms with Crippen molar-refractivity contribution in [3.63, 3.8) is 0 Å². The molecular formula is C65H84N8O12V2-2. The van der Waals surface area contributed by atoms with E-state index in [1.807, 2.05) is 98.7 Å². The van der Waals surface area contributed by atoms with Gasteiger partial charge in [0.2, 0.25) is 23.6 Å². The molecule has 4 saturated carbocycles. The Labute approximate surface area is 534 Å². The molecule has 6 fully saturated rings. The van der Waals surface area contributed by atoms with Crippen molar-refractivity contribution < 1.29 is 94.3 Å². The monoisotopic (exact) mass is 1270 g/mol. The van der Waals surface area contributed by atoms with Gasteiger partial charge in [0.05, 0.1) is 49.4 Å². The Hall–Kier alpha value is -5.69. The molecule has 2 N–H and O–H groups in total. The number of nitrogens with one attached hydrogen (secondary N) is 2. The van der Waals surface area contributed by atoms with Gasteiger partial charge in [-0.2, -0.15) is 0 Å². The van der Waals surface area contributed by atoms with Crippen LogP contribution in [0.5, 0.6) is 23.3 Å². The number of fused-ring (bicyclic) bond motifs is 14. The van der Waals surface area contributed by atoms with Gasteiger partial charge in [-0.3, -0.25) is 9.59 Å². The van der Waals surface area contributed by atoms with Crippen LogP contribution in [0.4, 0.5) is 9.59 Å². The zero-order chi connectivity index (χ0) is 60.4. The topological polar surface area (TPSA) is 240 Å². The molecule has 4 bridgehead atoms. The standard InChI is InChI=1S/C33H43N4O6.C32H41N4O6.2V/c1-7-21-25(17-38)37-16-26(21)42-29-27(34-23-12-11-20(41-6)14-24(23)35-29)22-13-18(22)9-8-10-19-15-33(19,5)43-31(40)36-28(30(37)39)32(2,3)4;1-6-20-24(16-37)36-15-26(20)41-29-27(33-22-11-10-19(40-5)14-23(22)34-29)21-12-17(21)8-7-9-18-13-25(18)42-31(39)35-28(30(36)38)32(2,3)4;;/h11-12,14,18-19,21-22,25-26,28H,7-10,13,15-16H2,1-6H3,(H,36,40);10-11,14,17-18,20-21,24-26,28H,6-9,12-13,15H2,1-5H3,(H,35,39);;/q2*-1;;/t18?,19-,21+,22?,25-,26+,28-,33-;17?,18-,20+,21?,24-,25-,26+,28-;;/m11../s1. The number of carbonyl (C=O) groups excluding carboxylic acids is 6. The first-order valence-corrected chi connectivity index (χ1v) is 30.9. The largest absolute Gasteiger partial charge is 0.540 e. The molecule has 16 atom stereocenters. The average molecular weight is 1270 g/mol. The van der Waals surface area contributed by atoms with Crippen LogP contribution in [0.25, 0.3) is 22.1 Å². The summed E-state index contributed by atoms with van der Waals surface area (Å²) in [7, 11) is 3.23. The van der Waals surface area contributed by atoms with Crippen LogP contribution in [0.2, 0.25) is 0 Å². The zero-order valence-electron chi connectivity index (χ0n) is 52.0. The second-order valence-corrected chi connectivity index (χ2v) is 27.6. The summed E-state index contributed by atoms with van der Waals surface area (Å²) in [5, 5.41) is 5.69. The Morgan fingerprint density at radius 1 is 0.598 bits per heavy atom. The fourth-order valence-electron chi connectivity index (χ4n) is 14.0. The van der Waals surface area contributed by atoms with E-state index >= 15 is 0 Å². The van der Waals surface area contributed by atoms with Crippen molar-refractivity contribution in [3.8, 4) is 23.3 Å². The fraction of sp³-hybridized carbons (Fsp3) is 0.662. The molecule has 2 aromatic heterocycles. The number of benzene rings is 2. The summed E-state index contributed by atoms with van der Waals surface area (Å²) in [6.45, 7) is 17.6. The van der Waals surface area contributed by atoms with Gasteiger partial charge in [-0.1, -0.05) is 93.2 Å². The number of ether oxygens (including phenoxy) is 6. The van der Waals surface area contributed by atoms with Gasteiger partial charge in [0, 0.05) is 67.0 Å². The van der Waals surface area contributed by atoms with E-state index in [9.17, 15) is 28.8 Å². The van der Waals surface area contributed by atoms with Crippen LogP contribution in [0, 0.1) is 46.3 Å². The van der Waals surface area contributed by atoms with E-state index in [1.165, 1.54) is 9.80 Å². The Morgan fingerprint density at radius 3 is 1.48 bits per heavy atom. The molecule has 12 rings (SSSR count). The van der Waals surface area contributed by atoms with Gasteiger partial charge in [0.1, 0.15) is 58.9 Å². The van der Waals surface area contributed by atoms with E-state index in [4.69, 9.17) is 48.4 Å². The predicted octanol–water partition coefficient (Wildman–Crippen LogP) is 9.48. The number of amides is 4. The van der Waals surface area contributed by atoms with Gasteiger partial charge in [-0.15, -0.1) is 0 Å². The number of carbonyl (C=O) groups is 4. The molecule has 4 aromatic rings. The summed E-state index contributed by atoms with van der Waals surface area (Å²) in [6, 6.07) is 7.87. The molecule has 4 aliphatic carbocycles. The van der Waals surface area contributed by atoms with E-state index in [-0.39, 0.29) is 91.8 Å². The quantitative estimate of drug-likeness (QED) is 0.171. The maximum atomic E-state index is 14.1. The number of alkyl carbamates (subject to hydrolysis) is 2. The molecule has 4 unspecified atom stereocenters. The summed E-state index contributed by atoms with van der Waals surface area (Å²) in [5.41, 5.74) is 2.80. The molecular weight excluding hydrogens is 1190 g/mol. The third-order valence-electron chi connectivity index (χ3n) is 19.6. The van der Waals surface area contributed by atoms with E-state index in [2.05, 4.69) is 23.2 Å². The maximum Gasteiger partial charge on any atom is 0.408 e. The second kappa shape index (κ2) is 26.0. The molecule has 22 heteroatoms. The van der Waals surface area contributed by atoms with Crippen LogP contribution in [-0.2, 0) is 65.8 Å². The summed E-state index contributed by atoms with van der Waals surface area (Å²) >= 11 is 0. The van der Waals surface area contributed by atoms with Crippen LogP contribution in [-0.4, -0.2) is 142 Å². The molecule has 8 aliphatic rings. The van der Waals surface area contributed by atoms with Gasteiger partial charge in [-0.05, 0) is 123 Å². The minimum Gasteiger partial charge on any atom is -0.540 e. The van der Waals surface area contributed by atoms with E-state index in [0.717, 1.165) is 86.6 Å². The zero-order valence-corrected chi connectivity index (χ0v) is 54.8. The van der Waals surface area contributed by atoms with Gasteiger partial charge in [0.25, 0.3) is 0 Å². The van der Waals surface area contributed by atoms with Crippen LogP contribution >= 0.6 is 0 Å². The first kappa shape index (κ1) is 65.7. The molecule has 0 spiro atoms. The van der Waals surface area contributed by atoms with Crippen molar-refractivity contribution in [2.75, 3.05) is 27.3 Å². The average Bonchev–Trinajstić information content (AvgIpc) is 2.21. The third kappa shape index (κ3) is 13.9. The van der Waals surface area contributed by atoms with Crippen LogP contribution in [0.15, 0.2) is 36.4 Å². The molecule has 6 heterocycles. The summed E-state index contributed by atoms with van der Waals surface area (Å²) < 4.78 is 35.8. The Kier molecular flexibility index (Phi) is 19.7. The molecule has 2 saturated heterocycles. The van der Waals surface area contributed by atoms with Crippen LogP contribution in [0.3, 0.4) is 0 Å². The first-order chi connectivity index (χ1) is 40.6. The number of hydrogen-bond acceptors (Lipinski definition) is 16. The van der Waals surface area contributed by atoms with E-state index < -0.39 is 65.0 Å². The predicted molar refractivity (Wildman–Crippen MR) is 314 cm³/mol. The Bertz CT molecular complexity index is 3230. The smallest absolute Gasteiger partial charge is 0.408 e. The number of rotatable bonds is 6. The molecule has 4 amide bonds. The summed E-state index contributed by atoms with van der Waals surface area (Å²) in [4.78, 5) is 102. The number of aromatic nitrogens is 4. The first-order valence-electron chi connectivity index (χ1n) is 30.9. The number of hydrogen-bond donors (Lipinski definition) is 2. The third-order valence-corrected chi connectivity index (χ3v) is 19.6. The van der Waals surface area contributed by atoms with Gasteiger partial charge in [0.15, 0.2) is 0 Å². The summed E-state index contributed by atoms with van der Waals surface area (Å²) in [5.74, 6) is 3.09. The molecule has 87 heavy (non-hydrogen) atoms. The molecule has 468 valence electrons. The van der Waals surface area contributed by atoms with E-state index in [0.29, 0.717) is 70.8 Å². The molecule has 20 nitrogen and oxygen atoms in total. The number of methoxy groups -OCH3 is 2. The number of nitrogens with zero attached hydrogens (tertiary/aromatic N) is 6. The maximum absolute atomic E-state index is 14.1. The van der Waals surface area contributed by atoms with Gasteiger partial charge in [-0.25, -0.2) is 42.1 Å². The fourth-order valence-corrected chi connectivity index (χ4v) is 14.0. The summed E-state index contributed by atoms with van der Waals surface area (Å²) in [6.07, 6.45) is 13.0. The normalized spacial score (nSPS) is 33.0. The van der Waals surface area contributed by atoms with Crippen LogP contribution < -0.4 is 29.6 Å². The van der Waals surface area contributed by atoms with Crippen molar-refractivity contribution >= 4 is 58.6 Å². The molecule has 2 radical (unpaired) electrons. The van der Waals surface area contributed by atoms with E-state index in [1.54, 1.807) is 14.2 Å². The Morgan fingerprint density at radius 2 is 1.05 bits per heavy atom. The van der Waals surface area contributed by atoms with Crippen LogP contribution in [0.1, 0.15) is 163 Å². The minimum absolute atomic E-state index is 0. The Balaban J connectivity index is 0.000000203. The SMILES string of the molecule is CC[C@@H]1[C@@H]2CN(C(=O)[C@H](C(C)(C)C)NC(=O)O[C@@H]3C[C@H]3CCCC3CC3c3nc4ccc(OC)cc4nc3O2)[C@@H]1[C-]=O.CC[C@@H]1[C@@H]2CN(C(=O)[C@H](C(C)(C)C)NC(=O)O[C@]3(C)C[C@H]3CCCC3CC3c3nc4ccc(OC)cc4nc3O2)[C@@H]1[C-]=O.[V].[V]. The van der Waals surface area contributed by atoms with Crippen molar-refractivity contribution in [2.24, 2.45) is 46.3 Å². The van der Waals surface area contributed by atoms with Crippen molar-refractivity contribution in [1.82, 2.24) is 40.4 Å². The second-order valence-electron chi connectivity index (χ2n) is 27.6. The van der Waals surface area contributed by atoms with Crippen molar-refractivity contribution in [1.29, 1.82) is 0 Å². The molecule has 2 aromatic carbocycles. The van der Waals surface area contributed by atoms with Gasteiger partial charge < -0.3 is 58.4 Å². The minimum atomic E-state index is -0.900. The molecule has 4 aliphatic heterocycles.